The molecule has 0 bridgehead atoms. The maximum absolute atomic E-state index is 10.6. The minimum atomic E-state index is -0.552. The van der Waals surface area contributed by atoms with Gasteiger partial charge in [-0.1, -0.05) is 25.3 Å². The zero-order chi connectivity index (χ0) is 20.1. The smallest absolute Gasteiger partial charge is 0.132 e. The fraction of sp³-hybridized carbons (Fsp3) is 0.409. The molecule has 0 aliphatic heterocycles. The van der Waals surface area contributed by atoms with Gasteiger partial charge in [0.1, 0.15) is 16.6 Å². The Labute approximate surface area is 175 Å². The number of hydrogen-bond acceptors (Lipinski definition) is 7. The molecule has 3 N–H and O–H groups in total. The molecule has 3 aromatic heterocycles. The van der Waals surface area contributed by atoms with Gasteiger partial charge in [-0.3, -0.25) is 0 Å². The molecule has 3 aromatic rings. The van der Waals surface area contributed by atoms with Crippen LogP contribution in [0.1, 0.15) is 42.7 Å². The Morgan fingerprint density at radius 1 is 1.10 bits per heavy atom. The van der Waals surface area contributed by atoms with Crippen LogP contribution in [0.2, 0.25) is 0 Å². The Hall–Kier alpha value is -2.35. The van der Waals surface area contributed by atoms with Gasteiger partial charge in [0.15, 0.2) is 0 Å². The molecule has 1 fully saturated rings. The maximum atomic E-state index is 10.6. The Kier molecular flexibility index (Phi) is 6.18. The van der Waals surface area contributed by atoms with Crippen molar-refractivity contribution in [3.05, 3.63) is 53.3 Å². The molecule has 0 atom stereocenters. The summed E-state index contributed by atoms with van der Waals surface area (Å²) in [5.41, 5.74) is 1.48. The summed E-state index contributed by atoms with van der Waals surface area (Å²) in [5, 5.41) is 18.2. The lowest BCUT2D eigenvalue weighted by Crippen LogP contribution is -2.41. The highest BCUT2D eigenvalue weighted by atomic mass is 32.1. The molecule has 152 valence electrons. The molecule has 3 heterocycles. The van der Waals surface area contributed by atoms with Crippen molar-refractivity contribution in [3.63, 3.8) is 0 Å². The van der Waals surface area contributed by atoms with E-state index < -0.39 is 5.60 Å². The van der Waals surface area contributed by atoms with Crippen LogP contribution in [0.3, 0.4) is 0 Å². The lowest BCUT2D eigenvalue weighted by molar-refractivity contribution is 0.00467. The van der Waals surface area contributed by atoms with E-state index in [9.17, 15) is 5.11 Å². The predicted molar refractivity (Wildman–Crippen MR) is 117 cm³/mol. The van der Waals surface area contributed by atoms with E-state index in [0.29, 0.717) is 13.1 Å². The van der Waals surface area contributed by atoms with Gasteiger partial charge in [0.05, 0.1) is 16.2 Å². The summed E-state index contributed by atoms with van der Waals surface area (Å²) in [7, 11) is 0. The Balaban J connectivity index is 1.37. The third kappa shape index (κ3) is 5.38. The number of aliphatic hydroxyl groups is 1. The molecule has 0 unspecified atom stereocenters. The first kappa shape index (κ1) is 19.9. The highest BCUT2D eigenvalue weighted by molar-refractivity contribution is 7.15. The minimum absolute atomic E-state index is 0.552. The van der Waals surface area contributed by atoms with E-state index in [4.69, 9.17) is 4.98 Å². The zero-order valence-electron chi connectivity index (χ0n) is 16.7. The third-order valence-corrected chi connectivity index (χ3v) is 6.26. The fourth-order valence-corrected chi connectivity index (χ4v) is 4.53. The molecular formula is C22H27N5OS. The van der Waals surface area contributed by atoms with E-state index in [1.807, 2.05) is 43.5 Å². The predicted octanol–water partition coefficient (Wildman–Crippen LogP) is 4.44. The highest BCUT2D eigenvalue weighted by Gasteiger charge is 2.28. The summed E-state index contributed by atoms with van der Waals surface area (Å²) in [6.45, 7) is 3.33. The first-order valence-electron chi connectivity index (χ1n) is 10.1. The molecule has 0 aromatic carbocycles. The van der Waals surface area contributed by atoms with Gasteiger partial charge in [-0.15, -0.1) is 11.3 Å². The molecule has 0 radical (unpaired) electrons. The summed E-state index contributed by atoms with van der Waals surface area (Å²) in [4.78, 5) is 14.6. The number of hydrogen-bond donors (Lipinski definition) is 3. The summed E-state index contributed by atoms with van der Waals surface area (Å²) in [6.07, 6.45) is 8.91. The van der Waals surface area contributed by atoms with Gasteiger partial charge in [0, 0.05) is 25.5 Å². The number of thiazole rings is 1. The number of aryl methyl sites for hydroxylation is 1. The number of nitrogens with one attached hydrogen (secondary N) is 2. The van der Waals surface area contributed by atoms with Gasteiger partial charge in [-0.05, 0) is 49.6 Å². The van der Waals surface area contributed by atoms with Crippen LogP contribution in [0.15, 0.2) is 42.7 Å². The molecule has 1 aliphatic rings. The summed E-state index contributed by atoms with van der Waals surface area (Å²) >= 11 is 1.63. The fourth-order valence-electron chi connectivity index (χ4n) is 3.68. The molecular weight excluding hydrogens is 382 g/mol. The second-order valence-corrected chi connectivity index (χ2v) is 8.87. The average Bonchev–Trinajstić information content (AvgIpc) is 3.18. The molecule has 1 saturated carbocycles. The Bertz CT molecular complexity index is 952. The third-order valence-electron chi connectivity index (χ3n) is 5.24. The van der Waals surface area contributed by atoms with Crippen molar-refractivity contribution in [2.45, 2.75) is 51.2 Å². The van der Waals surface area contributed by atoms with E-state index in [-0.39, 0.29) is 0 Å². The van der Waals surface area contributed by atoms with Gasteiger partial charge in [-0.25, -0.2) is 15.0 Å². The van der Waals surface area contributed by atoms with Gasteiger partial charge < -0.3 is 15.7 Å². The second-order valence-electron chi connectivity index (χ2n) is 7.76. The molecule has 6 nitrogen and oxygen atoms in total. The molecule has 0 saturated heterocycles. The Morgan fingerprint density at radius 2 is 1.97 bits per heavy atom. The van der Waals surface area contributed by atoms with Crippen molar-refractivity contribution in [2.24, 2.45) is 0 Å². The summed E-state index contributed by atoms with van der Waals surface area (Å²) in [6, 6.07) is 9.86. The van der Waals surface area contributed by atoms with E-state index in [0.717, 1.165) is 58.5 Å². The SMILES string of the molecule is Cc1ccnc(Nc2cccc(-c3cnc(CNCC4(O)CCCCC4)s3)n2)c1. The number of aromatic nitrogens is 3. The molecule has 0 amide bonds. The van der Waals surface area contributed by atoms with Crippen LogP contribution in [0.25, 0.3) is 10.6 Å². The molecule has 7 heteroatoms. The average molecular weight is 410 g/mol. The highest BCUT2D eigenvalue weighted by Crippen LogP contribution is 2.28. The first-order valence-corrected chi connectivity index (χ1v) is 11.0. The van der Waals surface area contributed by atoms with Crippen LogP contribution in [0.4, 0.5) is 11.6 Å². The normalized spacial score (nSPS) is 15.9. The van der Waals surface area contributed by atoms with E-state index in [1.54, 1.807) is 17.5 Å². The number of anilines is 2. The van der Waals surface area contributed by atoms with Gasteiger partial charge in [-0.2, -0.15) is 0 Å². The summed E-state index contributed by atoms with van der Waals surface area (Å²) in [5.74, 6) is 1.54. The lowest BCUT2D eigenvalue weighted by atomic mass is 9.85. The van der Waals surface area contributed by atoms with Crippen molar-refractivity contribution in [2.75, 3.05) is 11.9 Å². The van der Waals surface area contributed by atoms with Gasteiger partial charge in [0.25, 0.3) is 0 Å². The van der Waals surface area contributed by atoms with Gasteiger partial charge >= 0.3 is 0 Å². The van der Waals surface area contributed by atoms with E-state index in [2.05, 4.69) is 20.6 Å². The van der Waals surface area contributed by atoms with Crippen LogP contribution in [-0.4, -0.2) is 32.2 Å². The van der Waals surface area contributed by atoms with Gasteiger partial charge in [0.2, 0.25) is 0 Å². The number of nitrogens with zero attached hydrogens (tertiary/aromatic N) is 3. The van der Waals surface area contributed by atoms with Crippen LogP contribution >= 0.6 is 11.3 Å². The van der Waals surface area contributed by atoms with Crippen LogP contribution < -0.4 is 10.6 Å². The maximum Gasteiger partial charge on any atom is 0.132 e. The quantitative estimate of drug-likeness (QED) is 0.535. The van der Waals surface area contributed by atoms with Crippen molar-refractivity contribution in [3.8, 4) is 10.6 Å². The van der Waals surface area contributed by atoms with Crippen LogP contribution in [0.5, 0.6) is 0 Å². The van der Waals surface area contributed by atoms with Crippen molar-refractivity contribution in [1.82, 2.24) is 20.3 Å². The second kappa shape index (κ2) is 8.98. The van der Waals surface area contributed by atoms with Crippen molar-refractivity contribution >= 4 is 23.0 Å². The van der Waals surface area contributed by atoms with Crippen molar-refractivity contribution < 1.29 is 5.11 Å². The largest absolute Gasteiger partial charge is 0.389 e. The lowest BCUT2D eigenvalue weighted by Gasteiger charge is -2.32. The standard InChI is InChI=1S/C22H27N5OS/c1-16-8-11-24-20(12-16)27-19-7-5-6-17(26-19)18-13-25-21(29-18)14-23-15-22(28)9-3-2-4-10-22/h5-8,11-13,23,28H,2-4,9-10,14-15H2,1H3,(H,24,26,27). The van der Waals surface area contributed by atoms with Crippen LogP contribution in [-0.2, 0) is 6.54 Å². The first-order chi connectivity index (χ1) is 14.1. The monoisotopic (exact) mass is 409 g/mol. The van der Waals surface area contributed by atoms with Crippen molar-refractivity contribution in [1.29, 1.82) is 0 Å². The molecule has 1 aliphatic carbocycles. The Morgan fingerprint density at radius 3 is 2.79 bits per heavy atom. The molecule has 29 heavy (non-hydrogen) atoms. The molecule has 0 spiro atoms. The van der Waals surface area contributed by atoms with E-state index in [1.165, 1.54) is 6.42 Å². The van der Waals surface area contributed by atoms with Crippen LogP contribution in [0, 0.1) is 6.92 Å². The minimum Gasteiger partial charge on any atom is -0.389 e. The van der Waals surface area contributed by atoms with E-state index >= 15 is 0 Å². The topological polar surface area (TPSA) is 83.0 Å². The zero-order valence-corrected chi connectivity index (χ0v) is 17.5. The number of pyridine rings is 2. The summed E-state index contributed by atoms with van der Waals surface area (Å²) < 4.78 is 0. The molecule has 4 rings (SSSR count). The number of rotatable bonds is 7.